The van der Waals surface area contributed by atoms with Crippen molar-refractivity contribution in [2.75, 3.05) is 6.26 Å². The molecule has 0 bridgehead atoms. The molecule has 2 aromatic carbocycles. The fourth-order valence-corrected chi connectivity index (χ4v) is 3.47. The van der Waals surface area contributed by atoms with Crippen molar-refractivity contribution in [1.82, 2.24) is 5.16 Å². The fourth-order valence-electron chi connectivity index (χ4n) is 3.06. The highest BCUT2D eigenvalue weighted by atomic mass is 32.2. The van der Waals surface area contributed by atoms with Crippen LogP contribution in [0.1, 0.15) is 51.6 Å². The lowest BCUT2D eigenvalue weighted by Crippen LogP contribution is -2.07. The van der Waals surface area contributed by atoms with E-state index in [-0.39, 0.29) is 5.78 Å². The van der Waals surface area contributed by atoms with Crippen molar-refractivity contribution in [3.63, 3.8) is 0 Å². The van der Waals surface area contributed by atoms with Gasteiger partial charge in [0.2, 0.25) is 0 Å². The number of ketones is 1. The van der Waals surface area contributed by atoms with E-state index in [2.05, 4.69) is 35.7 Å². The van der Waals surface area contributed by atoms with Gasteiger partial charge in [-0.05, 0) is 48.8 Å². The van der Waals surface area contributed by atoms with Crippen LogP contribution in [0.25, 0.3) is 0 Å². The lowest BCUT2D eigenvalue weighted by atomic mass is 9.94. The molecular weight excluding hydrogens is 330 g/mol. The van der Waals surface area contributed by atoms with Crippen LogP contribution in [0.5, 0.6) is 0 Å². The van der Waals surface area contributed by atoms with Crippen molar-refractivity contribution < 1.29 is 9.32 Å². The lowest BCUT2D eigenvalue weighted by molar-refractivity contribution is 0.103. The Morgan fingerprint density at radius 2 is 1.88 bits per heavy atom. The normalized spacial score (nSPS) is 13.8. The second-order valence-corrected chi connectivity index (χ2v) is 7.27. The van der Waals surface area contributed by atoms with Gasteiger partial charge in [0.25, 0.3) is 0 Å². The van der Waals surface area contributed by atoms with Gasteiger partial charge in [0, 0.05) is 16.4 Å². The number of hydrogen-bond donors (Lipinski definition) is 0. The third kappa shape index (κ3) is 3.40. The Balaban J connectivity index is 1.63. The Morgan fingerprint density at radius 1 is 1.12 bits per heavy atom. The summed E-state index contributed by atoms with van der Waals surface area (Å²) < 4.78 is 5.34. The van der Waals surface area contributed by atoms with Crippen molar-refractivity contribution in [1.29, 1.82) is 0 Å². The zero-order valence-corrected chi connectivity index (χ0v) is 14.9. The molecule has 0 spiro atoms. The largest absolute Gasteiger partial charge is 0.360 e. The molecule has 0 amide bonds. The van der Waals surface area contributed by atoms with E-state index in [1.54, 1.807) is 18.0 Å². The van der Waals surface area contributed by atoms with E-state index >= 15 is 0 Å². The van der Waals surface area contributed by atoms with E-state index in [1.807, 2.05) is 24.3 Å². The summed E-state index contributed by atoms with van der Waals surface area (Å²) in [4.78, 5) is 14.3. The number of carbonyl (C=O) groups is 1. The number of nitrogens with zero attached hydrogens (tertiary/aromatic N) is 1. The first-order valence-corrected chi connectivity index (χ1v) is 9.69. The molecule has 1 fully saturated rings. The highest BCUT2D eigenvalue weighted by molar-refractivity contribution is 7.98. The van der Waals surface area contributed by atoms with Crippen LogP contribution in [-0.4, -0.2) is 17.2 Å². The van der Waals surface area contributed by atoms with E-state index in [0.29, 0.717) is 11.5 Å². The fraction of sp³-hybridized carbons (Fsp3) is 0.238. The van der Waals surface area contributed by atoms with Crippen LogP contribution in [0.3, 0.4) is 0 Å². The molecule has 1 aromatic heterocycles. The maximum absolute atomic E-state index is 13.1. The molecule has 4 rings (SSSR count). The topological polar surface area (TPSA) is 43.1 Å². The second-order valence-electron chi connectivity index (χ2n) is 6.39. The molecule has 3 aromatic rings. The molecule has 0 N–H and O–H groups in total. The predicted octanol–water partition coefficient (Wildman–Crippen LogP) is 5.10. The van der Waals surface area contributed by atoms with Gasteiger partial charge in [-0.25, -0.2) is 0 Å². The van der Waals surface area contributed by atoms with E-state index in [4.69, 9.17) is 4.52 Å². The number of thioether (sulfide) groups is 1. The van der Waals surface area contributed by atoms with Gasteiger partial charge >= 0.3 is 0 Å². The van der Waals surface area contributed by atoms with Crippen LogP contribution < -0.4 is 0 Å². The molecule has 0 saturated heterocycles. The molecule has 1 saturated carbocycles. The van der Waals surface area contributed by atoms with E-state index < -0.39 is 0 Å². The number of carbonyl (C=O) groups excluding carboxylic acids is 1. The monoisotopic (exact) mass is 349 g/mol. The molecule has 1 aliphatic carbocycles. The number of benzene rings is 2. The quantitative estimate of drug-likeness (QED) is 0.459. The van der Waals surface area contributed by atoms with Crippen LogP contribution in [-0.2, 0) is 6.42 Å². The summed E-state index contributed by atoms with van der Waals surface area (Å²) in [7, 11) is 0. The molecular formula is C21H19NO2S. The van der Waals surface area contributed by atoms with E-state index in [0.717, 1.165) is 36.1 Å². The average molecular weight is 349 g/mol. The third-order valence-corrected chi connectivity index (χ3v) is 5.35. The summed E-state index contributed by atoms with van der Waals surface area (Å²) in [5.74, 6) is 1.14. The van der Waals surface area contributed by atoms with Crippen molar-refractivity contribution in [3.05, 3.63) is 82.7 Å². The second kappa shape index (κ2) is 6.89. The molecule has 25 heavy (non-hydrogen) atoms. The Morgan fingerprint density at radius 3 is 2.60 bits per heavy atom. The standard InChI is InChI=1S/C21H19NO2S/c1-25-17-10-6-14(7-11-17)12-16-4-2-3-5-18(16)20(23)19-13-22-24-21(19)15-8-9-15/h2-7,10-11,13,15H,8-9,12H2,1H3. The van der Waals surface area contributed by atoms with E-state index in [1.165, 1.54) is 10.5 Å². The molecule has 3 nitrogen and oxygen atoms in total. The van der Waals surface area contributed by atoms with Crippen molar-refractivity contribution >= 4 is 17.5 Å². The summed E-state index contributed by atoms with van der Waals surface area (Å²) >= 11 is 1.73. The van der Waals surface area contributed by atoms with Crippen LogP contribution in [0.2, 0.25) is 0 Å². The van der Waals surface area contributed by atoms with Gasteiger partial charge in [0.15, 0.2) is 11.5 Å². The van der Waals surface area contributed by atoms with Gasteiger partial charge in [-0.3, -0.25) is 4.79 Å². The lowest BCUT2D eigenvalue weighted by Gasteiger charge is -2.09. The predicted molar refractivity (Wildman–Crippen MR) is 99.4 cm³/mol. The van der Waals surface area contributed by atoms with Crippen LogP contribution in [0, 0.1) is 0 Å². The first kappa shape index (κ1) is 16.2. The Hall–Kier alpha value is -2.33. The molecule has 4 heteroatoms. The van der Waals surface area contributed by atoms with Gasteiger partial charge in [-0.1, -0.05) is 41.6 Å². The zero-order valence-electron chi connectivity index (χ0n) is 14.1. The average Bonchev–Trinajstić information content (AvgIpc) is 3.39. The molecule has 0 unspecified atom stereocenters. The minimum atomic E-state index is 0.0134. The first-order chi connectivity index (χ1) is 12.3. The smallest absolute Gasteiger partial charge is 0.198 e. The summed E-state index contributed by atoms with van der Waals surface area (Å²) in [6, 6.07) is 16.3. The molecule has 0 aliphatic heterocycles. The summed E-state index contributed by atoms with van der Waals surface area (Å²) in [6.45, 7) is 0. The maximum atomic E-state index is 13.1. The zero-order chi connectivity index (χ0) is 17.2. The Bertz CT molecular complexity index is 894. The molecule has 1 heterocycles. The number of rotatable bonds is 6. The van der Waals surface area contributed by atoms with Gasteiger partial charge in [0.05, 0.1) is 11.8 Å². The highest BCUT2D eigenvalue weighted by Crippen LogP contribution is 2.42. The first-order valence-electron chi connectivity index (χ1n) is 8.46. The Labute approximate surface area is 151 Å². The highest BCUT2D eigenvalue weighted by Gasteiger charge is 2.33. The minimum absolute atomic E-state index is 0.0134. The molecule has 1 aliphatic rings. The van der Waals surface area contributed by atoms with Crippen LogP contribution >= 0.6 is 11.8 Å². The third-order valence-electron chi connectivity index (χ3n) is 4.61. The maximum Gasteiger partial charge on any atom is 0.198 e. The molecule has 0 radical (unpaired) electrons. The van der Waals surface area contributed by atoms with Crippen molar-refractivity contribution in [2.45, 2.75) is 30.1 Å². The van der Waals surface area contributed by atoms with Gasteiger partial charge in [-0.2, -0.15) is 0 Å². The number of aromatic nitrogens is 1. The number of hydrogen-bond acceptors (Lipinski definition) is 4. The van der Waals surface area contributed by atoms with Gasteiger partial charge in [-0.15, -0.1) is 11.8 Å². The van der Waals surface area contributed by atoms with Gasteiger partial charge in [0.1, 0.15) is 0 Å². The van der Waals surface area contributed by atoms with Crippen molar-refractivity contribution in [3.8, 4) is 0 Å². The van der Waals surface area contributed by atoms with Crippen molar-refractivity contribution in [2.24, 2.45) is 0 Å². The minimum Gasteiger partial charge on any atom is -0.360 e. The van der Waals surface area contributed by atoms with Crippen LogP contribution in [0.15, 0.2) is 64.1 Å². The van der Waals surface area contributed by atoms with E-state index in [9.17, 15) is 4.79 Å². The van der Waals surface area contributed by atoms with Crippen LogP contribution in [0.4, 0.5) is 0 Å². The molecule has 126 valence electrons. The Kier molecular flexibility index (Phi) is 4.45. The summed E-state index contributed by atoms with van der Waals surface area (Å²) in [6.07, 6.45) is 6.54. The van der Waals surface area contributed by atoms with Gasteiger partial charge < -0.3 is 4.52 Å². The summed E-state index contributed by atoms with van der Waals surface area (Å²) in [5.41, 5.74) is 3.59. The molecule has 0 atom stereocenters. The SMILES string of the molecule is CSc1ccc(Cc2ccccc2C(=O)c2cnoc2C2CC2)cc1. The summed E-state index contributed by atoms with van der Waals surface area (Å²) in [5, 5.41) is 3.86.